The first-order valence-electron chi connectivity index (χ1n) is 8.24. The maximum atomic E-state index is 12.4. The summed E-state index contributed by atoms with van der Waals surface area (Å²) in [6.45, 7) is 1.66. The summed E-state index contributed by atoms with van der Waals surface area (Å²) >= 11 is 0. The molecular formula is C19H22N2O5. The SMILES string of the molecule is CCOC(=O)c1ccc(-c2cccc(C(=O)N(C)CC(O)CO)c2)nc1. The van der Waals surface area contributed by atoms with Crippen LogP contribution < -0.4 is 0 Å². The van der Waals surface area contributed by atoms with Gasteiger partial charge in [-0.3, -0.25) is 9.78 Å². The molecule has 2 N–H and O–H groups in total. The fraction of sp³-hybridized carbons (Fsp3) is 0.316. The van der Waals surface area contributed by atoms with Crippen LogP contribution in [0.15, 0.2) is 42.6 Å². The Morgan fingerprint density at radius 1 is 1.23 bits per heavy atom. The molecular weight excluding hydrogens is 336 g/mol. The molecule has 1 amide bonds. The summed E-state index contributed by atoms with van der Waals surface area (Å²) in [6, 6.07) is 10.2. The summed E-state index contributed by atoms with van der Waals surface area (Å²) in [5.41, 5.74) is 2.14. The first-order valence-corrected chi connectivity index (χ1v) is 8.24. The normalized spacial score (nSPS) is 11.7. The van der Waals surface area contributed by atoms with Crippen molar-refractivity contribution in [2.45, 2.75) is 13.0 Å². The van der Waals surface area contributed by atoms with E-state index in [1.54, 1.807) is 44.3 Å². The molecule has 7 heteroatoms. The predicted octanol–water partition coefficient (Wildman–Crippen LogP) is 1.35. The van der Waals surface area contributed by atoms with Crippen molar-refractivity contribution in [2.75, 3.05) is 26.8 Å². The number of benzene rings is 1. The fourth-order valence-electron chi connectivity index (χ4n) is 2.39. The summed E-state index contributed by atoms with van der Waals surface area (Å²) in [5, 5.41) is 18.4. The average molecular weight is 358 g/mol. The molecule has 138 valence electrons. The van der Waals surface area contributed by atoms with Gasteiger partial charge in [0.05, 0.1) is 30.6 Å². The van der Waals surface area contributed by atoms with Crippen LogP contribution in [0.4, 0.5) is 0 Å². The number of hydrogen-bond donors (Lipinski definition) is 2. The lowest BCUT2D eigenvalue weighted by atomic mass is 10.1. The van der Waals surface area contributed by atoms with Gasteiger partial charge in [0.15, 0.2) is 0 Å². The molecule has 1 aromatic heterocycles. The lowest BCUT2D eigenvalue weighted by Gasteiger charge is -2.20. The monoisotopic (exact) mass is 358 g/mol. The van der Waals surface area contributed by atoms with Gasteiger partial charge in [-0.25, -0.2) is 4.79 Å². The smallest absolute Gasteiger partial charge is 0.339 e. The van der Waals surface area contributed by atoms with Gasteiger partial charge in [0.2, 0.25) is 0 Å². The molecule has 2 aromatic rings. The third kappa shape index (κ3) is 4.87. The minimum absolute atomic E-state index is 0.0338. The van der Waals surface area contributed by atoms with Crippen molar-refractivity contribution in [3.05, 3.63) is 53.7 Å². The number of rotatable bonds is 7. The maximum Gasteiger partial charge on any atom is 0.339 e. The summed E-state index contributed by atoms with van der Waals surface area (Å²) in [4.78, 5) is 29.7. The van der Waals surface area contributed by atoms with E-state index in [1.165, 1.54) is 11.1 Å². The maximum absolute atomic E-state index is 12.4. The molecule has 0 aliphatic heterocycles. The van der Waals surface area contributed by atoms with Gasteiger partial charge in [0.25, 0.3) is 5.91 Å². The first-order chi connectivity index (χ1) is 12.5. The fourth-order valence-corrected chi connectivity index (χ4v) is 2.39. The van der Waals surface area contributed by atoms with E-state index < -0.39 is 18.7 Å². The summed E-state index contributed by atoms with van der Waals surface area (Å²) in [7, 11) is 1.56. The second kappa shape index (κ2) is 9.07. The van der Waals surface area contributed by atoms with E-state index in [-0.39, 0.29) is 12.5 Å². The Hall–Kier alpha value is -2.77. The van der Waals surface area contributed by atoms with Crippen LogP contribution in [0.5, 0.6) is 0 Å². The van der Waals surface area contributed by atoms with Crippen molar-refractivity contribution in [1.82, 2.24) is 9.88 Å². The van der Waals surface area contributed by atoms with Crippen molar-refractivity contribution < 1.29 is 24.5 Å². The number of aliphatic hydroxyl groups excluding tert-OH is 2. The molecule has 0 radical (unpaired) electrons. The van der Waals surface area contributed by atoms with E-state index in [0.29, 0.717) is 23.4 Å². The largest absolute Gasteiger partial charge is 0.462 e. The molecule has 0 aliphatic carbocycles. The summed E-state index contributed by atoms with van der Waals surface area (Å²) in [5.74, 6) is -0.706. The van der Waals surface area contributed by atoms with Gasteiger partial charge in [-0.1, -0.05) is 12.1 Å². The number of aliphatic hydroxyl groups is 2. The minimum Gasteiger partial charge on any atom is -0.462 e. The molecule has 7 nitrogen and oxygen atoms in total. The molecule has 1 atom stereocenters. The highest BCUT2D eigenvalue weighted by molar-refractivity contribution is 5.95. The Kier molecular flexibility index (Phi) is 6.82. The van der Waals surface area contributed by atoms with E-state index in [1.807, 2.05) is 6.07 Å². The Balaban J connectivity index is 2.18. The van der Waals surface area contributed by atoms with Crippen molar-refractivity contribution in [2.24, 2.45) is 0 Å². The highest BCUT2D eigenvalue weighted by atomic mass is 16.5. The van der Waals surface area contributed by atoms with E-state index in [9.17, 15) is 14.7 Å². The number of carbonyl (C=O) groups is 2. The number of esters is 1. The molecule has 1 unspecified atom stereocenters. The van der Waals surface area contributed by atoms with Crippen molar-refractivity contribution >= 4 is 11.9 Å². The molecule has 0 bridgehead atoms. The number of aromatic nitrogens is 1. The van der Waals surface area contributed by atoms with E-state index in [4.69, 9.17) is 9.84 Å². The molecule has 0 saturated carbocycles. The van der Waals surface area contributed by atoms with Crippen molar-refractivity contribution in [3.8, 4) is 11.3 Å². The van der Waals surface area contributed by atoms with Gasteiger partial charge in [-0.05, 0) is 31.2 Å². The van der Waals surface area contributed by atoms with Gasteiger partial charge >= 0.3 is 5.97 Å². The van der Waals surface area contributed by atoms with Crippen LogP contribution in [-0.4, -0.2) is 64.9 Å². The van der Waals surface area contributed by atoms with Gasteiger partial charge in [-0.2, -0.15) is 0 Å². The van der Waals surface area contributed by atoms with E-state index in [0.717, 1.165) is 5.56 Å². The lowest BCUT2D eigenvalue weighted by Crippen LogP contribution is -2.35. The van der Waals surface area contributed by atoms with Crippen LogP contribution in [0.1, 0.15) is 27.6 Å². The number of hydrogen-bond acceptors (Lipinski definition) is 6. The number of pyridine rings is 1. The quantitative estimate of drug-likeness (QED) is 0.725. The van der Waals surface area contributed by atoms with Gasteiger partial charge < -0.3 is 19.8 Å². The molecule has 0 fully saturated rings. The van der Waals surface area contributed by atoms with E-state index >= 15 is 0 Å². The molecule has 2 rings (SSSR count). The molecule has 0 aliphatic rings. The Morgan fingerprint density at radius 3 is 2.62 bits per heavy atom. The highest BCUT2D eigenvalue weighted by Crippen LogP contribution is 2.19. The second-order valence-corrected chi connectivity index (χ2v) is 5.76. The van der Waals surface area contributed by atoms with Gasteiger partial charge in [0, 0.05) is 30.9 Å². The molecule has 0 saturated heterocycles. The third-order valence-electron chi connectivity index (χ3n) is 3.72. The second-order valence-electron chi connectivity index (χ2n) is 5.76. The molecule has 0 spiro atoms. The Bertz CT molecular complexity index is 761. The zero-order chi connectivity index (χ0) is 19.1. The first kappa shape index (κ1) is 19.6. The number of ether oxygens (including phenoxy) is 1. The molecule has 1 heterocycles. The lowest BCUT2D eigenvalue weighted by molar-refractivity contribution is 0.0518. The summed E-state index contributed by atoms with van der Waals surface area (Å²) < 4.78 is 4.92. The van der Waals surface area contributed by atoms with Crippen LogP contribution in [0.25, 0.3) is 11.3 Å². The minimum atomic E-state index is -0.982. The van der Waals surface area contributed by atoms with Gasteiger partial charge in [-0.15, -0.1) is 0 Å². The van der Waals surface area contributed by atoms with Crippen LogP contribution >= 0.6 is 0 Å². The van der Waals surface area contributed by atoms with Crippen LogP contribution in [0.3, 0.4) is 0 Å². The zero-order valence-corrected chi connectivity index (χ0v) is 14.8. The number of likely N-dealkylation sites (N-methyl/N-ethyl adjacent to an activating group) is 1. The highest BCUT2D eigenvalue weighted by Gasteiger charge is 2.16. The topological polar surface area (TPSA) is 100.0 Å². The number of nitrogens with zero attached hydrogens (tertiary/aromatic N) is 2. The predicted molar refractivity (Wildman–Crippen MR) is 95.7 cm³/mol. The number of amides is 1. The average Bonchev–Trinajstić information content (AvgIpc) is 2.67. The van der Waals surface area contributed by atoms with E-state index in [2.05, 4.69) is 4.98 Å². The zero-order valence-electron chi connectivity index (χ0n) is 14.8. The van der Waals surface area contributed by atoms with Gasteiger partial charge in [0.1, 0.15) is 0 Å². The molecule has 1 aromatic carbocycles. The van der Waals surface area contributed by atoms with Crippen LogP contribution in [-0.2, 0) is 4.74 Å². The Labute approximate surface area is 151 Å². The Morgan fingerprint density at radius 2 is 2.00 bits per heavy atom. The van der Waals surface area contributed by atoms with Crippen molar-refractivity contribution in [1.29, 1.82) is 0 Å². The standard InChI is InChI=1S/C19H22N2O5/c1-3-26-19(25)15-7-8-17(20-10-15)13-5-4-6-14(9-13)18(24)21(2)11-16(23)12-22/h4-10,16,22-23H,3,11-12H2,1-2H3. The van der Waals surface area contributed by atoms with Crippen LogP contribution in [0, 0.1) is 0 Å². The molecule has 26 heavy (non-hydrogen) atoms. The number of carbonyl (C=O) groups excluding carboxylic acids is 2. The summed E-state index contributed by atoms with van der Waals surface area (Å²) in [6.07, 6.45) is 0.454. The third-order valence-corrected chi connectivity index (χ3v) is 3.72. The van der Waals surface area contributed by atoms with Crippen LogP contribution in [0.2, 0.25) is 0 Å². The van der Waals surface area contributed by atoms with Crippen molar-refractivity contribution in [3.63, 3.8) is 0 Å².